The van der Waals surface area contributed by atoms with E-state index in [1.165, 1.54) is 50.5 Å². The van der Waals surface area contributed by atoms with Crippen molar-refractivity contribution >= 4 is 33.4 Å². The molecule has 2 aromatic rings. The second-order valence-corrected chi connectivity index (χ2v) is 8.39. The summed E-state index contributed by atoms with van der Waals surface area (Å²) in [5.74, 6) is -0.851. The van der Waals surface area contributed by atoms with Crippen LogP contribution < -0.4 is 10.2 Å². The summed E-state index contributed by atoms with van der Waals surface area (Å²) < 4.78 is 39.0. The molecule has 1 amide bonds. The van der Waals surface area contributed by atoms with E-state index in [0.29, 0.717) is 16.9 Å². The van der Waals surface area contributed by atoms with Crippen molar-refractivity contribution in [2.75, 3.05) is 38.4 Å². The lowest BCUT2D eigenvalue weighted by Crippen LogP contribution is -2.23. The maximum Gasteiger partial charge on any atom is 0.248 e. The molecule has 6 nitrogen and oxygen atoms in total. The van der Waals surface area contributed by atoms with Crippen LogP contribution in [0.5, 0.6) is 0 Å². The normalized spacial score (nSPS) is 11.8. The average molecular weight is 391 g/mol. The number of anilines is 2. The molecule has 0 radical (unpaired) electrons. The summed E-state index contributed by atoms with van der Waals surface area (Å²) in [5.41, 5.74) is 1.55. The molecule has 0 atom stereocenters. The maximum atomic E-state index is 13.2. The van der Waals surface area contributed by atoms with E-state index < -0.39 is 21.7 Å². The van der Waals surface area contributed by atoms with Gasteiger partial charge < -0.3 is 10.2 Å². The molecule has 0 unspecified atom stereocenters. The summed E-state index contributed by atoms with van der Waals surface area (Å²) in [7, 11) is 2.82. The van der Waals surface area contributed by atoms with Gasteiger partial charge in [0.05, 0.1) is 16.3 Å². The number of rotatable bonds is 6. The predicted octanol–water partition coefficient (Wildman–Crippen LogP) is 2.79. The van der Waals surface area contributed by atoms with Gasteiger partial charge in [-0.1, -0.05) is 12.1 Å². The van der Waals surface area contributed by atoms with Crippen molar-refractivity contribution in [3.63, 3.8) is 0 Å². The van der Waals surface area contributed by atoms with E-state index in [9.17, 15) is 17.6 Å². The van der Waals surface area contributed by atoms with Crippen molar-refractivity contribution in [1.82, 2.24) is 4.31 Å². The van der Waals surface area contributed by atoms with Crippen LogP contribution in [0, 0.1) is 5.82 Å². The Morgan fingerprint density at radius 3 is 2.37 bits per heavy atom. The molecule has 0 fully saturated rings. The fourth-order valence-corrected chi connectivity index (χ4v) is 3.26. The van der Waals surface area contributed by atoms with Gasteiger partial charge >= 0.3 is 0 Å². The van der Waals surface area contributed by atoms with Crippen LogP contribution in [0.3, 0.4) is 0 Å². The number of hydrogen-bond donors (Lipinski definition) is 1. The zero-order chi connectivity index (χ0) is 20.2. The summed E-state index contributed by atoms with van der Waals surface area (Å²) in [6.45, 7) is 0. The highest BCUT2D eigenvalue weighted by atomic mass is 32.2. The van der Waals surface area contributed by atoms with E-state index in [1.807, 2.05) is 0 Å². The first kappa shape index (κ1) is 20.6. The largest absolute Gasteiger partial charge is 0.376 e. The van der Waals surface area contributed by atoms with E-state index >= 15 is 0 Å². The molecule has 1 N–H and O–H groups in total. The van der Waals surface area contributed by atoms with Crippen LogP contribution in [0.1, 0.15) is 5.56 Å². The first-order chi connectivity index (χ1) is 12.6. The second-order valence-electron chi connectivity index (χ2n) is 6.24. The smallest absolute Gasteiger partial charge is 0.248 e. The molecule has 0 heterocycles. The Balaban J connectivity index is 2.31. The summed E-state index contributed by atoms with van der Waals surface area (Å²) in [5, 5.41) is 2.68. The third-order valence-corrected chi connectivity index (χ3v) is 5.57. The van der Waals surface area contributed by atoms with Crippen LogP contribution in [-0.4, -0.2) is 46.8 Å². The Morgan fingerprint density at radius 1 is 1.07 bits per heavy atom. The van der Waals surface area contributed by atoms with Crippen molar-refractivity contribution < 1.29 is 17.6 Å². The number of hydrogen-bond acceptors (Lipinski definition) is 4. The lowest BCUT2D eigenvalue weighted by atomic mass is 10.2. The molecule has 0 aliphatic carbocycles. The van der Waals surface area contributed by atoms with Gasteiger partial charge in [-0.25, -0.2) is 17.1 Å². The van der Waals surface area contributed by atoms with Gasteiger partial charge in [-0.05, 0) is 42.0 Å². The standard InChI is InChI=1S/C19H22FN3O3S/c1-22(2)18-10-9-16(27(25,26)23(3)4)13-17(18)21-19(24)11-8-14-6-5-7-15(20)12-14/h5-13H,1-4H3,(H,21,24)/b11-8+. The highest BCUT2D eigenvalue weighted by Crippen LogP contribution is 2.28. The fourth-order valence-electron chi connectivity index (χ4n) is 2.33. The third kappa shape index (κ3) is 5.15. The molecule has 0 bridgehead atoms. The molecule has 27 heavy (non-hydrogen) atoms. The molecule has 2 rings (SSSR count). The number of nitrogens with one attached hydrogen (secondary N) is 1. The Bertz CT molecular complexity index is 970. The van der Waals surface area contributed by atoms with Gasteiger partial charge in [0, 0.05) is 34.3 Å². The van der Waals surface area contributed by atoms with Crippen molar-refractivity contribution in [3.05, 3.63) is 59.9 Å². The van der Waals surface area contributed by atoms with Gasteiger partial charge in [0.15, 0.2) is 0 Å². The lowest BCUT2D eigenvalue weighted by Gasteiger charge is -2.19. The minimum Gasteiger partial charge on any atom is -0.376 e. The molecule has 2 aromatic carbocycles. The Hall–Kier alpha value is -2.71. The van der Waals surface area contributed by atoms with Crippen LogP contribution in [0.4, 0.5) is 15.8 Å². The molecule has 8 heteroatoms. The summed E-state index contributed by atoms with van der Waals surface area (Å²) in [6.07, 6.45) is 2.75. The molecular weight excluding hydrogens is 369 g/mol. The first-order valence-corrected chi connectivity index (χ1v) is 9.54. The highest BCUT2D eigenvalue weighted by Gasteiger charge is 2.19. The predicted molar refractivity (Wildman–Crippen MR) is 106 cm³/mol. The van der Waals surface area contributed by atoms with Crippen molar-refractivity contribution in [2.45, 2.75) is 4.90 Å². The Labute approximate surface area is 159 Å². The molecule has 144 valence electrons. The van der Waals surface area contributed by atoms with Crippen LogP contribution in [-0.2, 0) is 14.8 Å². The van der Waals surface area contributed by atoms with Gasteiger partial charge in [0.1, 0.15) is 5.82 Å². The van der Waals surface area contributed by atoms with Gasteiger partial charge in [-0.15, -0.1) is 0 Å². The van der Waals surface area contributed by atoms with Crippen molar-refractivity contribution in [3.8, 4) is 0 Å². The average Bonchev–Trinajstić information content (AvgIpc) is 2.59. The SMILES string of the molecule is CN(C)c1ccc(S(=O)(=O)N(C)C)cc1NC(=O)/C=C/c1cccc(F)c1. The van der Waals surface area contributed by atoms with Gasteiger partial charge in [-0.3, -0.25) is 4.79 Å². The van der Waals surface area contributed by atoms with Crippen molar-refractivity contribution in [1.29, 1.82) is 0 Å². The number of sulfonamides is 1. The van der Waals surface area contributed by atoms with Gasteiger partial charge in [0.25, 0.3) is 0 Å². The van der Waals surface area contributed by atoms with E-state index in [1.54, 1.807) is 37.2 Å². The number of nitrogens with zero attached hydrogens (tertiary/aromatic N) is 2. The van der Waals surface area contributed by atoms with E-state index in [4.69, 9.17) is 0 Å². The molecule has 0 saturated carbocycles. The number of carbonyl (C=O) groups is 1. The van der Waals surface area contributed by atoms with Crippen LogP contribution in [0.25, 0.3) is 6.08 Å². The van der Waals surface area contributed by atoms with Gasteiger partial charge in [0.2, 0.25) is 15.9 Å². The summed E-state index contributed by atoms with van der Waals surface area (Å²) in [4.78, 5) is 14.1. The van der Waals surface area contributed by atoms with E-state index in [0.717, 1.165) is 4.31 Å². The molecule has 0 spiro atoms. The zero-order valence-electron chi connectivity index (χ0n) is 15.6. The minimum atomic E-state index is -3.63. The number of amides is 1. The second kappa shape index (κ2) is 8.32. The summed E-state index contributed by atoms with van der Waals surface area (Å²) >= 11 is 0. The first-order valence-electron chi connectivity index (χ1n) is 8.10. The molecule has 0 aromatic heterocycles. The lowest BCUT2D eigenvalue weighted by molar-refractivity contribution is -0.111. The van der Waals surface area contributed by atoms with E-state index in [2.05, 4.69) is 5.32 Å². The highest BCUT2D eigenvalue weighted by molar-refractivity contribution is 7.89. The van der Waals surface area contributed by atoms with Crippen LogP contribution in [0.2, 0.25) is 0 Å². The van der Waals surface area contributed by atoms with Gasteiger partial charge in [-0.2, -0.15) is 0 Å². The van der Waals surface area contributed by atoms with Crippen molar-refractivity contribution in [2.24, 2.45) is 0 Å². The number of halogens is 1. The topological polar surface area (TPSA) is 69.7 Å². The number of benzene rings is 2. The zero-order valence-corrected chi connectivity index (χ0v) is 16.4. The molecule has 0 saturated heterocycles. The quantitative estimate of drug-likeness (QED) is 0.769. The van der Waals surface area contributed by atoms with Crippen LogP contribution in [0.15, 0.2) is 53.4 Å². The Morgan fingerprint density at radius 2 is 1.78 bits per heavy atom. The molecular formula is C19H22FN3O3S. The van der Waals surface area contributed by atoms with Crippen LogP contribution >= 0.6 is 0 Å². The Kier molecular flexibility index (Phi) is 6.35. The minimum absolute atomic E-state index is 0.0718. The monoisotopic (exact) mass is 391 g/mol. The summed E-state index contributed by atoms with van der Waals surface area (Å²) in [6, 6.07) is 10.4. The maximum absolute atomic E-state index is 13.2. The molecule has 0 aliphatic rings. The third-order valence-electron chi connectivity index (χ3n) is 3.76. The molecule has 0 aliphatic heterocycles. The number of carbonyl (C=O) groups excluding carboxylic acids is 1. The van der Waals surface area contributed by atoms with E-state index in [-0.39, 0.29) is 4.90 Å². The fraction of sp³-hybridized carbons (Fsp3) is 0.211.